The Kier molecular flexibility index (Phi) is 4.62. The number of nitrogens with zero attached hydrogens (tertiary/aromatic N) is 1. The number of carbonyl (C=O) groups excluding carboxylic acids is 3. The quantitative estimate of drug-likeness (QED) is 0.536. The minimum absolute atomic E-state index is 0.143. The highest BCUT2D eigenvalue weighted by atomic mass is 16.2. The summed E-state index contributed by atoms with van der Waals surface area (Å²) in [6, 6.07) is 2.48. The first kappa shape index (κ1) is 15.1. The second kappa shape index (κ2) is 6.43. The van der Waals surface area contributed by atoms with Crippen LogP contribution in [0.3, 0.4) is 0 Å². The monoisotopic (exact) mass is 292 g/mol. The van der Waals surface area contributed by atoms with E-state index in [2.05, 4.69) is 15.6 Å². The number of nitrogens with one attached hydrogen (secondary N) is 3. The molecule has 0 bridgehead atoms. The van der Waals surface area contributed by atoms with Crippen LogP contribution < -0.4 is 10.6 Å². The van der Waals surface area contributed by atoms with Crippen LogP contribution >= 0.6 is 0 Å². The predicted octanol–water partition coefficient (Wildman–Crippen LogP) is 0.853. The lowest BCUT2D eigenvalue weighted by atomic mass is 10.1. The van der Waals surface area contributed by atoms with Crippen molar-refractivity contribution in [2.45, 2.75) is 38.8 Å². The molecule has 7 heteroatoms. The van der Waals surface area contributed by atoms with Gasteiger partial charge in [-0.1, -0.05) is 0 Å². The Balaban J connectivity index is 1.73. The number of imide groups is 1. The van der Waals surface area contributed by atoms with Gasteiger partial charge in [0, 0.05) is 18.8 Å². The fourth-order valence-corrected chi connectivity index (χ4v) is 2.31. The molecule has 7 nitrogen and oxygen atoms in total. The lowest BCUT2D eigenvalue weighted by Crippen LogP contribution is -2.37. The Hall–Kier alpha value is -2.31. The average molecular weight is 292 g/mol. The first-order valence-corrected chi connectivity index (χ1v) is 7.06. The van der Waals surface area contributed by atoms with E-state index >= 15 is 0 Å². The summed E-state index contributed by atoms with van der Waals surface area (Å²) >= 11 is 0. The van der Waals surface area contributed by atoms with Crippen molar-refractivity contribution in [1.29, 1.82) is 0 Å². The highest BCUT2D eigenvalue weighted by Crippen LogP contribution is 2.13. The highest BCUT2D eigenvalue weighted by molar-refractivity contribution is 6.04. The van der Waals surface area contributed by atoms with Crippen molar-refractivity contribution in [2.24, 2.45) is 0 Å². The molecular formula is C14H20N4O3. The summed E-state index contributed by atoms with van der Waals surface area (Å²) in [5.74, 6) is -0.365. The minimum atomic E-state index is -0.484. The molecule has 4 amide bonds. The molecule has 0 aliphatic carbocycles. The van der Waals surface area contributed by atoms with Gasteiger partial charge in [0.2, 0.25) is 0 Å². The van der Waals surface area contributed by atoms with Gasteiger partial charge in [0.25, 0.3) is 11.8 Å². The molecule has 1 atom stereocenters. The summed E-state index contributed by atoms with van der Waals surface area (Å²) in [6.45, 7) is 4.06. The lowest BCUT2D eigenvalue weighted by Gasteiger charge is -2.16. The summed E-state index contributed by atoms with van der Waals surface area (Å²) < 4.78 is 0. The van der Waals surface area contributed by atoms with Crippen LogP contribution in [0.25, 0.3) is 0 Å². The topological polar surface area (TPSA) is 94.3 Å². The minimum Gasteiger partial charge on any atom is -0.357 e. The summed E-state index contributed by atoms with van der Waals surface area (Å²) in [4.78, 5) is 39.4. The molecule has 1 fully saturated rings. The number of H-pyrrole nitrogens is 1. The van der Waals surface area contributed by atoms with Crippen LogP contribution in [0.4, 0.5) is 4.79 Å². The van der Waals surface area contributed by atoms with Gasteiger partial charge >= 0.3 is 6.03 Å². The third-order valence-electron chi connectivity index (χ3n) is 3.37. The average Bonchev–Trinajstić information content (AvgIpc) is 3.03. The Morgan fingerprint density at radius 3 is 2.76 bits per heavy atom. The molecule has 0 spiro atoms. The van der Waals surface area contributed by atoms with Crippen molar-refractivity contribution in [2.75, 3.05) is 6.54 Å². The van der Waals surface area contributed by atoms with Crippen molar-refractivity contribution in [3.63, 3.8) is 0 Å². The Bertz CT molecular complexity index is 524. The molecule has 114 valence electrons. The number of aromatic amines is 1. The van der Waals surface area contributed by atoms with Crippen LogP contribution in [0.2, 0.25) is 0 Å². The summed E-state index contributed by atoms with van der Waals surface area (Å²) in [5, 5.41) is 5.43. The Morgan fingerprint density at radius 1 is 1.43 bits per heavy atom. The molecule has 21 heavy (non-hydrogen) atoms. The van der Waals surface area contributed by atoms with E-state index in [1.165, 1.54) is 4.90 Å². The molecule has 1 aliphatic heterocycles. The van der Waals surface area contributed by atoms with Crippen LogP contribution in [0.5, 0.6) is 0 Å². The van der Waals surface area contributed by atoms with Crippen molar-refractivity contribution in [1.82, 2.24) is 20.5 Å². The maximum absolute atomic E-state index is 12.0. The summed E-state index contributed by atoms with van der Waals surface area (Å²) in [5.41, 5.74) is 0.506. The second-order valence-electron chi connectivity index (χ2n) is 5.29. The molecule has 2 rings (SSSR count). The van der Waals surface area contributed by atoms with Gasteiger partial charge in [-0.2, -0.15) is 0 Å². The van der Waals surface area contributed by atoms with Gasteiger partial charge in [0.05, 0.1) is 0 Å². The molecule has 1 unspecified atom stereocenters. The maximum Gasteiger partial charge on any atom is 0.325 e. The third-order valence-corrected chi connectivity index (χ3v) is 3.37. The van der Waals surface area contributed by atoms with E-state index in [0.29, 0.717) is 25.1 Å². The highest BCUT2D eigenvalue weighted by Gasteiger charge is 2.38. The molecule has 0 radical (unpaired) electrons. The van der Waals surface area contributed by atoms with E-state index in [-0.39, 0.29) is 23.9 Å². The standard InChI is InChI=1S/C14H20N4O3/c1-9(2)18-13(20)11(17-14(18)21)6-4-8-16-12(19)10-5-3-7-15-10/h3,5,7,9,11,15H,4,6,8H2,1-2H3,(H,16,19)(H,17,21). The number of amides is 4. The SMILES string of the molecule is CC(C)N1C(=O)NC(CCCNC(=O)c2ccc[nH]2)C1=O. The van der Waals surface area contributed by atoms with Crippen LogP contribution in [0.15, 0.2) is 18.3 Å². The number of hydrogen-bond acceptors (Lipinski definition) is 3. The van der Waals surface area contributed by atoms with Gasteiger partial charge in [-0.3, -0.25) is 14.5 Å². The van der Waals surface area contributed by atoms with Crippen LogP contribution in [0, 0.1) is 0 Å². The van der Waals surface area contributed by atoms with Gasteiger partial charge in [-0.05, 0) is 38.8 Å². The molecule has 3 N–H and O–H groups in total. The molecule has 1 aliphatic rings. The van der Waals surface area contributed by atoms with Crippen molar-refractivity contribution in [3.05, 3.63) is 24.0 Å². The lowest BCUT2D eigenvalue weighted by molar-refractivity contribution is -0.128. The van der Waals surface area contributed by atoms with Crippen molar-refractivity contribution < 1.29 is 14.4 Å². The first-order valence-electron chi connectivity index (χ1n) is 7.06. The van der Waals surface area contributed by atoms with Gasteiger partial charge < -0.3 is 15.6 Å². The van der Waals surface area contributed by atoms with Gasteiger partial charge in [-0.25, -0.2) is 4.79 Å². The number of rotatable bonds is 6. The molecular weight excluding hydrogens is 272 g/mol. The molecule has 0 saturated carbocycles. The van der Waals surface area contributed by atoms with Crippen molar-refractivity contribution >= 4 is 17.8 Å². The normalized spacial score (nSPS) is 18.2. The second-order valence-corrected chi connectivity index (χ2v) is 5.29. The Morgan fingerprint density at radius 2 is 2.19 bits per heavy atom. The van der Waals surface area contributed by atoms with E-state index in [1.54, 1.807) is 32.2 Å². The maximum atomic E-state index is 12.0. The predicted molar refractivity (Wildman–Crippen MR) is 76.7 cm³/mol. The summed E-state index contributed by atoms with van der Waals surface area (Å²) in [6.07, 6.45) is 2.82. The first-order chi connectivity index (χ1) is 10.0. The van der Waals surface area contributed by atoms with Crippen molar-refractivity contribution in [3.8, 4) is 0 Å². The molecule has 1 saturated heterocycles. The van der Waals surface area contributed by atoms with Crippen LogP contribution in [-0.2, 0) is 4.79 Å². The number of carbonyl (C=O) groups is 3. The van der Waals surface area contributed by atoms with E-state index in [0.717, 1.165) is 0 Å². The number of hydrogen-bond donors (Lipinski definition) is 3. The molecule has 1 aromatic heterocycles. The van der Waals surface area contributed by atoms with Crippen LogP contribution in [0.1, 0.15) is 37.2 Å². The van der Waals surface area contributed by atoms with Gasteiger partial charge in [0.15, 0.2) is 0 Å². The molecule has 2 heterocycles. The van der Waals surface area contributed by atoms with Crippen LogP contribution in [-0.4, -0.2) is 46.4 Å². The van der Waals surface area contributed by atoms with E-state index in [9.17, 15) is 14.4 Å². The number of urea groups is 1. The third kappa shape index (κ3) is 3.42. The number of aromatic nitrogens is 1. The largest absolute Gasteiger partial charge is 0.357 e. The molecule has 0 aromatic carbocycles. The Labute approximate surface area is 123 Å². The van der Waals surface area contributed by atoms with Gasteiger partial charge in [-0.15, -0.1) is 0 Å². The van der Waals surface area contributed by atoms with E-state index in [1.807, 2.05) is 0 Å². The zero-order chi connectivity index (χ0) is 15.4. The van der Waals surface area contributed by atoms with E-state index < -0.39 is 6.04 Å². The van der Waals surface area contributed by atoms with Gasteiger partial charge in [0.1, 0.15) is 11.7 Å². The van der Waals surface area contributed by atoms with E-state index in [4.69, 9.17) is 0 Å². The summed E-state index contributed by atoms with van der Waals surface area (Å²) in [7, 11) is 0. The fourth-order valence-electron chi connectivity index (χ4n) is 2.31. The molecule has 1 aromatic rings. The zero-order valence-electron chi connectivity index (χ0n) is 12.2. The smallest absolute Gasteiger partial charge is 0.325 e. The zero-order valence-corrected chi connectivity index (χ0v) is 12.2. The fraction of sp³-hybridized carbons (Fsp3) is 0.500.